The standard InChI is InChI=1S/C15H15F3N4O5/c1-26-11-7-9(10(22(24)25)8-12(11)27-2)14(23)19-4-6-21-5-3-13(20-21)15(16,17)18/h3,5,7-8H,4,6H2,1-2H3,(H,19,23). The van der Waals surface area contributed by atoms with E-state index in [9.17, 15) is 28.1 Å². The number of hydrogen-bond donors (Lipinski definition) is 1. The quantitative estimate of drug-likeness (QED) is 0.576. The van der Waals surface area contributed by atoms with Crippen molar-refractivity contribution in [1.82, 2.24) is 15.1 Å². The molecule has 1 aromatic carbocycles. The molecule has 2 rings (SSSR count). The van der Waals surface area contributed by atoms with Crippen LogP contribution in [-0.2, 0) is 12.7 Å². The van der Waals surface area contributed by atoms with Gasteiger partial charge in [0.25, 0.3) is 11.6 Å². The number of carbonyl (C=O) groups is 1. The molecular formula is C15H15F3N4O5. The van der Waals surface area contributed by atoms with Crippen LogP contribution < -0.4 is 14.8 Å². The number of nitrogens with zero attached hydrogens (tertiary/aromatic N) is 3. The summed E-state index contributed by atoms with van der Waals surface area (Å²) in [5, 5.41) is 16.9. The summed E-state index contributed by atoms with van der Waals surface area (Å²) >= 11 is 0. The third-order valence-corrected chi connectivity index (χ3v) is 3.50. The van der Waals surface area contributed by atoms with Crippen molar-refractivity contribution in [1.29, 1.82) is 0 Å². The molecule has 0 saturated carbocycles. The molecule has 0 saturated heterocycles. The van der Waals surface area contributed by atoms with Crippen LogP contribution in [0.1, 0.15) is 16.1 Å². The Morgan fingerprint density at radius 3 is 2.44 bits per heavy atom. The van der Waals surface area contributed by atoms with Gasteiger partial charge < -0.3 is 14.8 Å². The molecule has 1 N–H and O–H groups in total. The van der Waals surface area contributed by atoms with Crippen LogP contribution in [0, 0.1) is 10.1 Å². The minimum absolute atomic E-state index is 0.0527. The van der Waals surface area contributed by atoms with Gasteiger partial charge in [-0.25, -0.2) is 0 Å². The van der Waals surface area contributed by atoms with Crippen LogP contribution in [0.4, 0.5) is 18.9 Å². The number of ether oxygens (including phenoxy) is 2. The second kappa shape index (κ2) is 7.93. The Morgan fingerprint density at radius 1 is 1.30 bits per heavy atom. The SMILES string of the molecule is COc1cc(C(=O)NCCn2ccc(C(F)(F)F)n2)c([N+](=O)[O-])cc1OC. The van der Waals surface area contributed by atoms with Crippen molar-refractivity contribution in [2.75, 3.05) is 20.8 Å². The summed E-state index contributed by atoms with van der Waals surface area (Å²) in [6.45, 7) is -0.147. The van der Waals surface area contributed by atoms with Crippen molar-refractivity contribution in [3.63, 3.8) is 0 Å². The van der Waals surface area contributed by atoms with Gasteiger partial charge in [-0.05, 0) is 6.07 Å². The Hall–Kier alpha value is -3.31. The smallest absolute Gasteiger partial charge is 0.435 e. The third-order valence-electron chi connectivity index (χ3n) is 3.50. The van der Waals surface area contributed by atoms with Gasteiger partial charge in [0.1, 0.15) is 5.56 Å². The monoisotopic (exact) mass is 388 g/mol. The van der Waals surface area contributed by atoms with E-state index in [2.05, 4.69) is 10.4 Å². The zero-order valence-electron chi connectivity index (χ0n) is 14.2. The van der Waals surface area contributed by atoms with E-state index in [1.54, 1.807) is 0 Å². The predicted molar refractivity (Wildman–Crippen MR) is 85.8 cm³/mol. The van der Waals surface area contributed by atoms with Gasteiger partial charge in [-0.15, -0.1) is 0 Å². The normalized spacial score (nSPS) is 11.1. The molecule has 146 valence electrons. The number of rotatable bonds is 7. The molecule has 1 heterocycles. The fraction of sp³-hybridized carbons (Fsp3) is 0.333. The highest BCUT2D eigenvalue weighted by Crippen LogP contribution is 2.34. The van der Waals surface area contributed by atoms with Gasteiger partial charge in [-0.1, -0.05) is 0 Å². The van der Waals surface area contributed by atoms with Gasteiger partial charge in [0.15, 0.2) is 17.2 Å². The average molecular weight is 388 g/mol. The number of nitrogens with one attached hydrogen (secondary N) is 1. The van der Waals surface area contributed by atoms with Crippen LogP contribution in [0.2, 0.25) is 0 Å². The van der Waals surface area contributed by atoms with E-state index in [-0.39, 0.29) is 30.2 Å². The van der Waals surface area contributed by atoms with E-state index in [1.807, 2.05) is 0 Å². The topological polar surface area (TPSA) is 109 Å². The zero-order valence-corrected chi connectivity index (χ0v) is 14.2. The molecule has 0 aliphatic heterocycles. The van der Waals surface area contributed by atoms with Crippen LogP contribution in [0.15, 0.2) is 24.4 Å². The minimum Gasteiger partial charge on any atom is -0.493 e. The number of halogens is 3. The second-order valence-corrected chi connectivity index (χ2v) is 5.20. The first-order chi connectivity index (χ1) is 12.7. The van der Waals surface area contributed by atoms with Gasteiger partial charge in [-0.2, -0.15) is 18.3 Å². The predicted octanol–water partition coefficient (Wildman–Crippen LogP) is 2.26. The fourth-order valence-electron chi connectivity index (χ4n) is 2.22. The van der Waals surface area contributed by atoms with Gasteiger partial charge in [0, 0.05) is 18.8 Å². The van der Waals surface area contributed by atoms with Crippen molar-refractivity contribution in [3.8, 4) is 11.5 Å². The molecule has 0 radical (unpaired) electrons. The van der Waals surface area contributed by atoms with Crippen LogP contribution in [-0.4, -0.2) is 41.4 Å². The number of methoxy groups -OCH3 is 2. The lowest BCUT2D eigenvalue weighted by molar-refractivity contribution is -0.385. The maximum atomic E-state index is 12.5. The minimum atomic E-state index is -4.56. The lowest BCUT2D eigenvalue weighted by atomic mass is 10.1. The summed E-state index contributed by atoms with van der Waals surface area (Å²) in [6, 6.07) is 3.01. The first kappa shape index (κ1) is 20.0. The number of aromatic nitrogens is 2. The molecule has 1 amide bonds. The molecule has 0 aliphatic rings. The average Bonchev–Trinajstić information content (AvgIpc) is 3.09. The summed E-state index contributed by atoms with van der Waals surface area (Å²) in [7, 11) is 2.60. The zero-order chi connectivity index (χ0) is 20.2. The van der Waals surface area contributed by atoms with Crippen molar-refractivity contribution in [3.05, 3.63) is 45.8 Å². The van der Waals surface area contributed by atoms with Gasteiger partial charge >= 0.3 is 6.18 Å². The number of nitro benzene ring substituents is 1. The summed E-state index contributed by atoms with van der Waals surface area (Å²) < 4.78 is 48.5. The number of alkyl halides is 3. The Morgan fingerprint density at radius 2 is 1.93 bits per heavy atom. The van der Waals surface area contributed by atoms with Crippen LogP contribution in [0.5, 0.6) is 11.5 Å². The molecule has 2 aromatic rings. The molecule has 0 fully saturated rings. The lowest BCUT2D eigenvalue weighted by Gasteiger charge is -2.11. The molecule has 0 spiro atoms. The first-order valence-corrected chi connectivity index (χ1v) is 7.46. The molecule has 0 bridgehead atoms. The van der Waals surface area contributed by atoms with E-state index < -0.39 is 28.4 Å². The van der Waals surface area contributed by atoms with E-state index >= 15 is 0 Å². The molecule has 1 aromatic heterocycles. The summed E-state index contributed by atoms with van der Waals surface area (Å²) in [5.74, 6) is -0.585. The Kier molecular flexibility index (Phi) is 5.88. The van der Waals surface area contributed by atoms with Gasteiger partial charge in [0.05, 0.1) is 31.8 Å². The van der Waals surface area contributed by atoms with Crippen molar-refractivity contribution in [2.45, 2.75) is 12.7 Å². The van der Waals surface area contributed by atoms with E-state index in [0.717, 1.165) is 29.1 Å². The van der Waals surface area contributed by atoms with Crippen LogP contribution >= 0.6 is 0 Å². The molecular weight excluding hydrogens is 373 g/mol. The Bertz CT molecular complexity index is 850. The number of carbonyl (C=O) groups excluding carboxylic acids is 1. The highest BCUT2D eigenvalue weighted by Gasteiger charge is 2.33. The van der Waals surface area contributed by atoms with Gasteiger partial charge in [-0.3, -0.25) is 19.6 Å². The molecule has 0 atom stereocenters. The molecule has 0 unspecified atom stereocenters. The van der Waals surface area contributed by atoms with Crippen molar-refractivity contribution in [2.24, 2.45) is 0 Å². The maximum Gasteiger partial charge on any atom is 0.435 e. The van der Waals surface area contributed by atoms with Crippen molar-refractivity contribution < 1.29 is 32.4 Å². The highest BCUT2D eigenvalue weighted by atomic mass is 19.4. The van der Waals surface area contributed by atoms with E-state index in [1.165, 1.54) is 14.2 Å². The number of nitro groups is 1. The van der Waals surface area contributed by atoms with Gasteiger partial charge in [0.2, 0.25) is 0 Å². The summed E-state index contributed by atoms with van der Waals surface area (Å²) in [6.07, 6.45) is -3.44. The number of hydrogen-bond acceptors (Lipinski definition) is 6. The third kappa shape index (κ3) is 4.65. The Labute approximate surface area is 150 Å². The lowest BCUT2D eigenvalue weighted by Crippen LogP contribution is -2.28. The van der Waals surface area contributed by atoms with Crippen LogP contribution in [0.25, 0.3) is 0 Å². The number of benzene rings is 1. The highest BCUT2D eigenvalue weighted by molar-refractivity contribution is 5.99. The molecule has 12 heteroatoms. The van der Waals surface area contributed by atoms with Crippen molar-refractivity contribution >= 4 is 11.6 Å². The summed E-state index contributed by atoms with van der Waals surface area (Å²) in [4.78, 5) is 22.7. The van der Waals surface area contributed by atoms with E-state index in [0.29, 0.717) is 0 Å². The van der Waals surface area contributed by atoms with E-state index in [4.69, 9.17) is 9.47 Å². The molecule has 9 nitrogen and oxygen atoms in total. The maximum absolute atomic E-state index is 12.5. The number of amides is 1. The Balaban J connectivity index is 2.11. The second-order valence-electron chi connectivity index (χ2n) is 5.20. The molecule has 0 aliphatic carbocycles. The fourth-order valence-corrected chi connectivity index (χ4v) is 2.22. The largest absolute Gasteiger partial charge is 0.493 e. The first-order valence-electron chi connectivity index (χ1n) is 7.46. The molecule has 27 heavy (non-hydrogen) atoms. The summed E-state index contributed by atoms with van der Waals surface area (Å²) in [5.41, 5.74) is -1.82. The van der Waals surface area contributed by atoms with Crippen LogP contribution in [0.3, 0.4) is 0 Å².